The van der Waals surface area contributed by atoms with E-state index in [0.717, 1.165) is 23.2 Å². The first-order valence-corrected chi connectivity index (χ1v) is 9.73. The number of nitrogens with zero attached hydrogens (tertiary/aromatic N) is 3. The van der Waals surface area contributed by atoms with E-state index in [0.29, 0.717) is 5.75 Å². The lowest BCUT2D eigenvalue weighted by atomic mass is 9.97. The zero-order chi connectivity index (χ0) is 20.4. The number of hydrogen-bond acceptors (Lipinski definition) is 7. The smallest absolute Gasteiger partial charge is 0.194 e. The lowest BCUT2D eigenvalue weighted by molar-refractivity contribution is -0.178. The van der Waals surface area contributed by atoms with Crippen molar-refractivity contribution in [1.29, 1.82) is 0 Å². The number of ether oxygens (including phenoxy) is 1. The van der Waals surface area contributed by atoms with Gasteiger partial charge >= 0.3 is 0 Å². The van der Waals surface area contributed by atoms with E-state index in [1.54, 1.807) is 0 Å². The Morgan fingerprint density at radius 3 is 2.46 bits per heavy atom. The van der Waals surface area contributed by atoms with Crippen LogP contribution in [0.5, 0.6) is 0 Å². The van der Waals surface area contributed by atoms with E-state index in [1.165, 1.54) is 18.0 Å². The summed E-state index contributed by atoms with van der Waals surface area (Å²) < 4.78 is 46.8. The fourth-order valence-corrected chi connectivity index (χ4v) is 4.06. The number of rotatable bonds is 6. The molecule has 11 heteroatoms. The van der Waals surface area contributed by atoms with Crippen molar-refractivity contribution >= 4 is 11.8 Å². The first-order valence-electron chi connectivity index (χ1n) is 8.68. The number of halogens is 3. The summed E-state index contributed by atoms with van der Waals surface area (Å²) in [6.07, 6.45) is -1.30. The Kier molecular flexibility index (Phi) is 6.61. The minimum absolute atomic E-state index is 0.0296. The molecule has 3 rings (SSSR count). The molecule has 1 aliphatic heterocycles. The molecule has 1 saturated heterocycles. The monoisotopic (exact) mass is 419 g/mol. The van der Waals surface area contributed by atoms with Crippen LogP contribution in [-0.4, -0.2) is 66.4 Å². The van der Waals surface area contributed by atoms with Gasteiger partial charge in [0.05, 0.1) is 12.8 Å². The molecule has 1 aromatic heterocycles. The van der Waals surface area contributed by atoms with Gasteiger partial charge in [-0.05, 0) is 24.3 Å². The van der Waals surface area contributed by atoms with E-state index in [1.807, 2.05) is 6.92 Å². The Bertz CT molecular complexity index is 802. The van der Waals surface area contributed by atoms with Gasteiger partial charge < -0.3 is 20.1 Å². The summed E-state index contributed by atoms with van der Waals surface area (Å²) in [6, 6.07) is 0.553. The lowest BCUT2D eigenvalue weighted by Crippen LogP contribution is -2.55. The van der Waals surface area contributed by atoms with Crippen LogP contribution in [0.2, 0.25) is 0 Å². The van der Waals surface area contributed by atoms with Gasteiger partial charge in [-0.3, -0.25) is 0 Å². The van der Waals surface area contributed by atoms with E-state index in [9.17, 15) is 28.5 Å². The van der Waals surface area contributed by atoms with Gasteiger partial charge in [-0.1, -0.05) is 12.1 Å². The van der Waals surface area contributed by atoms with Crippen molar-refractivity contribution in [3.8, 4) is 11.3 Å². The molecule has 0 bridgehead atoms. The van der Waals surface area contributed by atoms with Crippen LogP contribution < -0.4 is 0 Å². The Morgan fingerprint density at radius 1 is 1.18 bits per heavy atom. The zero-order valence-corrected chi connectivity index (χ0v) is 15.7. The molecule has 1 aliphatic rings. The minimum atomic E-state index is -1.59. The summed E-state index contributed by atoms with van der Waals surface area (Å²) in [7, 11) is 0. The van der Waals surface area contributed by atoms with Crippen molar-refractivity contribution in [2.45, 2.75) is 43.1 Å². The fraction of sp³-hybridized carbons (Fsp3) is 0.529. The molecule has 28 heavy (non-hydrogen) atoms. The SMILES string of the molecule is CCCS[C@H]1OC(CO)[C@H](O)[C@H](n2cc(-c3cc(F)c(F)c(F)c3)nn2)C1O. The predicted octanol–water partition coefficient (Wildman–Crippen LogP) is 1.49. The molecule has 1 fully saturated rings. The lowest BCUT2D eigenvalue weighted by Gasteiger charge is -2.41. The molecule has 7 nitrogen and oxygen atoms in total. The maximum Gasteiger partial charge on any atom is 0.194 e. The average Bonchev–Trinajstić information content (AvgIpc) is 3.15. The molecule has 0 saturated carbocycles. The number of aromatic nitrogens is 3. The maximum atomic E-state index is 13.5. The Morgan fingerprint density at radius 2 is 1.86 bits per heavy atom. The first kappa shape index (κ1) is 21.1. The van der Waals surface area contributed by atoms with Gasteiger partial charge in [-0.25, -0.2) is 17.9 Å². The van der Waals surface area contributed by atoms with Crippen LogP contribution in [0.3, 0.4) is 0 Å². The molecule has 5 atom stereocenters. The number of aliphatic hydroxyl groups is 3. The highest BCUT2D eigenvalue weighted by atomic mass is 32.2. The zero-order valence-electron chi connectivity index (χ0n) is 14.9. The fourth-order valence-electron chi connectivity index (χ4n) is 3.01. The molecule has 0 amide bonds. The Balaban J connectivity index is 1.91. The van der Waals surface area contributed by atoms with Crippen LogP contribution in [0.1, 0.15) is 19.4 Å². The van der Waals surface area contributed by atoms with Crippen LogP contribution in [0, 0.1) is 17.5 Å². The third kappa shape index (κ3) is 4.03. The molecule has 2 aromatic rings. The number of thioether (sulfide) groups is 1. The second kappa shape index (κ2) is 8.78. The van der Waals surface area contributed by atoms with Crippen LogP contribution in [-0.2, 0) is 4.74 Å². The molecule has 0 aliphatic carbocycles. The van der Waals surface area contributed by atoms with Crippen molar-refractivity contribution in [3.63, 3.8) is 0 Å². The third-order valence-electron chi connectivity index (χ3n) is 4.43. The van der Waals surface area contributed by atoms with Gasteiger partial charge in [0, 0.05) is 5.56 Å². The molecule has 3 N–H and O–H groups in total. The van der Waals surface area contributed by atoms with E-state index in [2.05, 4.69) is 10.3 Å². The number of benzene rings is 1. The van der Waals surface area contributed by atoms with Crippen molar-refractivity contribution in [2.24, 2.45) is 0 Å². The molecule has 154 valence electrons. The summed E-state index contributed by atoms with van der Waals surface area (Å²) in [5.41, 5.74) is -0.727. The summed E-state index contributed by atoms with van der Waals surface area (Å²) in [5.74, 6) is -3.63. The van der Waals surface area contributed by atoms with Crippen molar-refractivity contribution in [1.82, 2.24) is 15.0 Å². The highest BCUT2D eigenvalue weighted by Gasteiger charge is 2.46. The number of aliphatic hydroxyl groups excluding tert-OH is 3. The van der Waals surface area contributed by atoms with Gasteiger partial charge in [0.2, 0.25) is 0 Å². The van der Waals surface area contributed by atoms with Gasteiger partial charge in [0.1, 0.15) is 35.5 Å². The van der Waals surface area contributed by atoms with E-state index >= 15 is 0 Å². The van der Waals surface area contributed by atoms with Crippen LogP contribution in [0.25, 0.3) is 11.3 Å². The molecular weight excluding hydrogens is 399 g/mol. The molecule has 2 unspecified atom stereocenters. The average molecular weight is 419 g/mol. The molecular formula is C17H20F3N3O4S. The van der Waals surface area contributed by atoms with E-state index in [4.69, 9.17) is 4.74 Å². The number of hydrogen-bond donors (Lipinski definition) is 3. The van der Waals surface area contributed by atoms with Gasteiger partial charge in [0.15, 0.2) is 17.5 Å². The Labute approximate surface area is 163 Å². The van der Waals surface area contributed by atoms with Crippen molar-refractivity contribution in [2.75, 3.05) is 12.4 Å². The van der Waals surface area contributed by atoms with E-state index < -0.39 is 53.8 Å². The minimum Gasteiger partial charge on any atom is -0.394 e. The first-order chi connectivity index (χ1) is 13.4. The van der Waals surface area contributed by atoms with Gasteiger partial charge in [-0.15, -0.1) is 16.9 Å². The second-order valence-corrected chi connectivity index (χ2v) is 7.61. The summed E-state index contributed by atoms with van der Waals surface area (Å²) in [6.45, 7) is 1.49. The third-order valence-corrected chi connectivity index (χ3v) is 5.79. The second-order valence-electron chi connectivity index (χ2n) is 6.41. The molecule has 0 radical (unpaired) electrons. The van der Waals surface area contributed by atoms with E-state index in [-0.39, 0.29) is 11.3 Å². The van der Waals surface area contributed by atoms with Crippen molar-refractivity contribution < 1.29 is 33.2 Å². The van der Waals surface area contributed by atoms with Crippen molar-refractivity contribution in [3.05, 3.63) is 35.8 Å². The maximum absolute atomic E-state index is 13.5. The Hall–Kier alpha value is -1.66. The largest absolute Gasteiger partial charge is 0.394 e. The van der Waals surface area contributed by atoms with Gasteiger partial charge in [-0.2, -0.15) is 0 Å². The highest BCUT2D eigenvalue weighted by Crippen LogP contribution is 2.35. The summed E-state index contributed by atoms with van der Waals surface area (Å²) in [4.78, 5) is 0. The van der Waals surface area contributed by atoms with Crippen LogP contribution in [0.4, 0.5) is 13.2 Å². The topological polar surface area (TPSA) is 101 Å². The van der Waals surface area contributed by atoms with Crippen LogP contribution in [0.15, 0.2) is 18.3 Å². The standard InChI is InChI=1S/C17H20F3N3O4S/c1-2-3-28-17-16(26)14(15(25)12(7-24)27-17)23-6-11(21-22-23)8-4-9(18)13(20)10(19)5-8/h4-6,12,14-17,24-26H,2-3,7H2,1H3/t12?,14-,15-,16?,17+/m0/s1. The molecule has 2 heterocycles. The normalized spacial score (nSPS) is 27.9. The molecule has 0 spiro atoms. The molecule has 1 aromatic carbocycles. The predicted molar refractivity (Wildman–Crippen MR) is 94.9 cm³/mol. The van der Waals surface area contributed by atoms with Crippen LogP contribution >= 0.6 is 11.8 Å². The van der Waals surface area contributed by atoms with Gasteiger partial charge in [0.25, 0.3) is 0 Å². The quantitative estimate of drug-likeness (QED) is 0.610. The summed E-state index contributed by atoms with van der Waals surface area (Å²) in [5, 5.41) is 38.3. The summed E-state index contributed by atoms with van der Waals surface area (Å²) >= 11 is 1.34. The highest BCUT2D eigenvalue weighted by molar-refractivity contribution is 7.99.